The SMILES string of the molecule is NCCS(=O)(=O)N1CCC(CC(N)=O)CC1. The maximum Gasteiger partial charge on any atom is 0.217 e. The average Bonchev–Trinajstić information content (AvgIpc) is 2.17. The van der Waals surface area contributed by atoms with Crippen LogP contribution < -0.4 is 11.5 Å². The van der Waals surface area contributed by atoms with Crippen molar-refractivity contribution in [1.82, 2.24) is 4.31 Å². The number of amides is 1. The molecule has 1 aliphatic heterocycles. The molecular formula is C9H19N3O3S. The summed E-state index contributed by atoms with van der Waals surface area (Å²) in [5.41, 5.74) is 10.4. The van der Waals surface area contributed by atoms with Crippen molar-refractivity contribution in [3.63, 3.8) is 0 Å². The van der Waals surface area contributed by atoms with Crippen LogP contribution in [0.5, 0.6) is 0 Å². The van der Waals surface area contributed by atoms with Gasteiger partial charge in [-0.05, 0) is 18.8 Å². The summed E-state index contributed by atoms with van der Waals surface area (Å²) in [5.74, 6) is -0.0990. The van der Waals surface area contributed by atoms with Crippen LogP contribution in [-0.4, -0.2) is 44.0 Å². The Morgan fingerprint density at radius 2 is 1.88 bits per heavy atom. The summed E-state index contributed by atoms with van der Waals surface area (Å²) < 4.78 is 24.8. The van der Waals surface area contributed by atoms with Gasteiger partial charge >= 0.3 is 0 Å². The fraction of sp³-hybridized carbons (Fsp3) is 0.889. The second-order valence-corrected chi connectivity index (χ2v) is 6.21. The van der Waals surface area contributed by atoms with E-state index in [1.807, 2.05) is 0 Å². The number of primary amides is 1. The van der Waals surface area contributed by atoms with Crippen molar-refractivity contribution >= 4 is 15.9 Å². The highest BCUT2D eigenvalue weighted by Crippen LogP contribution is 2.22. The molecule has 6 nitrogen and oxygen atoms in total. The van der Waals surface area contributed by atoms with Gasteiger partial charge in [0.2, 0.25) is 15.9 Å². The van der Waals surface area contributed by atoms with Gasteiger partial charge in [-0.1, -0.05) is 0 Å². The molecule has 1 amide bonds. The lowest BCUT2D eigenvalue weighted by molar-refractivity contribution is -0.119. The maximum atomic E-state index is 11.7. The van der Waals surface area contributed by atoms with Gasteiger partial charge in [0.15, 0.2) is 0 Å². The third-order valence-electron chi connectivity index (χ3n) is 2.83. The Labute approximate surface area is 96.0 Å². The minimum atomic E-state index is -3.19. The maximum absolute atomic E-state index is 11.7. The van der Waals surface area contributed by atoms with Crippen LogP contribution in [0.1, 0.15) is 19.3 Å². The van der Waals surface area contributed by atoms with Gasteiger partial charge in [0.05, 0.1) is 5.75 Å². The van der Waals surface area contributed by atoms with Crippen molar-refractivity contribution in [1.29, 1.82) is 0 Å². The van der Waals surface area contributed by atoms with E-state index in [-0.39, 0.29) is 24.1 Å². The van der Waals surface area contributed by atoms with E-state index < -0.39 is 10.0 Å². The van der Waals surface area contributed by atoms with E-state index in [1.165, 1.54) is 4.31 Å². The number of sulfonamides is 1. The lowest BCUT2D eigenvalue weighted by atomic mass is 9.94. The third kappa shape index (κ3) is 3.73. The van der Waals surface area contributed by atoms with Crippen LogP contribution in [-0.2, 0) is 14.8 Å². The molecule has 1 fully saturated rings. The Morgan fingerprint density at radius 1 is 1.31 bits per heavy atom. The van der Waals surface area contributed by atoms with Crippen LogP contribution in [0.3, 0.4) is 0 Å². The van der Waals surface area contributed by atoms with Gasteiger partial charge in [-0.25, -0.2) is 12.7 Å². The van der Waals surface area contributed by atoms with Crippen LogP contribution in [0.4, 0.5) is 0 Å². The van der Waals surface area contributed by atoms with E-state index in [2.05, 4.69) is 0 Å². The van der Waals surface area contributed by atoms with Gasteiger partial charge in [0, 0.05) is 26.1 Å². The van der Waals surface area contributed by atoms with Crippen LogP contribution in [0.15, 0.2) is 0 Å². The zero-order chi connectivity index (χ0) is 12.2. The fourth-order valence-corrected chi connectivity index (χ4v) is 3.28. The molecule has 0 aromatic carbocycles. The monoisotopic (exact) mass is 249 g/mol. The predicted molar refractivity (Wildman–Crippen MR) is 60.9 cm³/mol. The zero-order valence-corrected chi connectivity index (χ0v) is 10.1. The Hall–Kier alpha value is -0.660. The molecule has 0 radical (unpaired) electrons. The number of hydrogen-bond acceptors (Lipinski definition) is 4. The summed E-state index contributed by atoms with van der Waals surface area (Å²) in [6.45, 7) is 1.09. The highest BCUT2D eigenvalue weighted by atomic mass is 32.2. The minimum Gasteiger partial charge on any atom is -0.370 e. The van der Waals surface area contributed by atoms with E-state index in [0.717, 1.165) is 0 Å². The molecule has 7 heteroatoms. The van der Waals surface area contributed by atoms with E-state index in [4.69, 9.17) is 11.5 Å². The van der Waals surface area contributed by atoms with Gasteiger partial charge < -0.3 is 11.5 Å². The molecule has 16 heavy (non-hydrogen) atoms. The normalized spacial score (nSPS) is 19.8. The first-order valence-electron chi connectivity index (χ1n) is 5.42. The third-order valence-corrected chi connectivity index (χ3v) is 4.74. The highest BCUT2D eigenvalue weighted by Gasteiger charge is 2.27. The molecule has 0 bridgehead atoms. The summed E-state index contributed by atoms with van der Waals surface area (Å²) in [7, 11) is -3.19. The second-order valence-electron chi connectivity index (χ2n) is 4.12. The Balaban J connectivity index is 2.46. The Morgan fingerprint density at radius 3 is 2.31 bits per heavy atom. The van der Waals surface area contributed by atoms with Crippen molar-refractivity contribution in [3.8, 4) is 0 Å². The first-order chi connectivity index (χ1) is 7.45. The zero-order valence-electron chi connectivity index (χ0n) is 9.26. The van der Waals surface area contributed by atoms with Gasteiger partial charge in [-0.3, -0.25) is 4.79 Å². The molecule has 94 valence electrons. The van der Waals surface area contributed by atoms with E-state index >= 15 is 0 Å². The van der Waals surface area contributed by atoms with Crippen molar-refractivity contribution in [2.45, 2.75) is 19.3 Å². The molecule has 1 rings (SSSR count). The summed E-state index contributed by atoms with van der Waals surface area (Å²) in [6.07, 6.45) is 1.75. The summed E-state index contributed by atoms with van der Waals surface area (Å²) in [6, 6.07) is 0. The molecule has 1 saturated heterocycles. The average molecular weight is 249 g/mol. The molecule has 1 heterocycles. The van der Waals surface area contributed by atoms with Gasteiger partial charge in [-0.15, -0.1) is 0 Å². The standard InChI is InChI=1S/C9H19N3O3S/c10-3-6-16(14,15)12-4-1-8(2-5-12)7-9(11)13/h8H,1-7,10H2,(H2,11,13). The molecule has 0 saturated carbocycles. The number of piperidine rings is 1. The number of carbonyl (C=O) groups excluding carboxylic acids is 1. The molecule has 0 aromatic rings. The highest BCUT2D eigenvalue weighted by molar-refractivity contribution is 7.89. The molecule has 0 atom stereocenters. The van der Waals surface area contributed by atoms with E-state index in [1.54, 1.807) is 0 Å². The Kier molecular flexibility index (Phi) is 4.69. The van der Waals surface area contributed by atoms with E-state index in [9.17, 15) is 13.2 Å². The number of carbonyl (C=O) groups is 1. The van der Waals surface area contributed by atoms with Crippen LogP contribution >= 0.6 is 0 Å². The molecule has 0 unspecified atom stereocenters. The molecule has 0 aromatic heterocycles. The van der Waals surface area contributed by atoms with Crippen molar-refractivity contribution < 1.29 is 13.2 Å². The molecule has 4 N–H and O–H groups in total. The molecular weight excluding hydrogens is 230 g/mol. The summed E-state index contributed by atoms with van der Waals surface area (Å²) in [5, 5.41) is 0. The largest absolute Gasteiger partial charge is 0.370 e. The molecule has 0 spiro atoms. The smallest absolute Gasteiger partial charge is 0.217 e. The van der Waals surface area contributed by atoms with Gasteiger partial charge in [0.1, 0.15) is 0 Å². The number of rotatable bonds is 5. The van der Waals surface area contributed by atoms with Gasteiger partial charge in [0.25, 0.3) is 0 Å². The predicted octanol–water partition coefficient (Wildman–Crippen LogP) is -1.14. The quantitative estimate of drug-likeness (QED) is 0.642. The fourth-order valence-electron chi connectivity index (χ4n) is 1.95. The lowest BCUT2D eigenvalue weighted by Crippen LogP contribution is -2.41. The molecule has 1 aliphatic rings. The summed E-state index contributed by atoms with van der Waals surface area (Å²) in [4.78, 5) is 10.7. The number of nitrogens with two attached hydrogens (primary N) is 2. The summed E-state index contributed by atoms with van der Waals surface area (Å²) >= 11 is 0. The number of nitrogens with zero attached hydrogens (tertiary/aromatic N) is 1. The van der Waals surface area contributed by atoms with Crippen molar-refractivity contribution in [2.75, 3.05) is 25.4 Å². The topological polar surface area (TPSA) is 106 Å². The minimum absolute atomic E-state index is 0.00646. The van der Waals surface area contributed by atoms with Gasteiger partial charge in [-0.2, -0.15) is 0 Å². The lowest BCUT2D eigenvalue weighted by Gasteiger charge is -2.30. The van der Waals surface area contributed by atoms with Crippen molar-refractivity contribution in [2.24, 2.45) is 17.4 Å². The first-order valence-corrected chi connectivity index (χ1v) is 7.03. The number of hydrogen-bond donors (Lipinski definition) is 2. The van der Waals surface area contributed by atoms with Crippen LogP contribution in [0, 0.1) is 5.92 Å². The van der Waals surface area contributed by atoms with Crippen molar-refractivity contribution in [3.05, 3.63) is 0 Å². The van der Waals surface area contributed by atoms with E-state index in [0.29, 0.717) is 32.4 Å². The van der Waals surface area contributed by atoms with Crippen LogP contribution in [0.2, 0.25) is 0 Å². The first kappa shape index (κ1) is 13.4. The van der Waals surface area contributed by atoms with Crippen LogP contribution in [0.25, 0.3) is 0 Å². The second kappa shape index (κ2) is 5.60. The molecule has 0 aliphatic carbocycles. The Bertz CT molecular complexity index is 334.